The number of benzene rings is 1. The third-order valence-corrected chi connectivity index (χ3v) is 4.23. The topological polar surface area (TPSA) is 42.1 Å². The Balaban J connectivity index is 2.02. The van der Waals surface area contributed by atoms with Gasteiger partial charge in [-0.15, -0.1) is 0 Å². The zero-order valence-corrected chi connectivity index (χ0v) is 12.3. The molecule has 1 aliphatic heterocycles. The van der Waals surface area contributed by atoms with Gasteiger partial charge in [0.15, 0.2) is 0 Å². The zero-order valence-electron chi connectivity index (χ0n) is 12.3. The van der Waals surface area contributed by atoms with Crippen LogP contribution in [0.2, 0.25) is 0 Å². The normalized spacial score (nSPS) is 23.0. The highest BCUT2D eigenvalue weighted by molar-refractivity contribution is 5.93. The quantitative estimate of drug-likeness (QED) is 0.879. The fourth-order valence-electron chi connectivity index (χ4n) is 3.15. The third-order valence-electron chi connectivity index (χ3n) is 4.23. The summed E-state index contributed by atoms with van der Waals surface area (Å²) in [6, 6.07) is 6.98. The number of anilines is 1. The fourth-order valence-corrected chi connectivity index (χ4v) is 3.15. The molecule has 0 aliphatic carbocycles. The van der Waals surface area contributed by atoms with Gasteiger partial charge in [-0.05, 0) is 37.1 Å². The minimum absolute atomic E-state index is 0.0119. The van der Waals surface area contributed by atoms with E-state index < -0.39 is 18.1 Å². The first-order valence-corrected chi connectivity index (χ1v) is 7.28. The summed E-state index contributed by atoms with van der Waals surface area (Å²) in [6.07, 6.45) is -2.53. The lowest BCUT2D eigenvalue weighted by Gasteiger charge is -2.39. The summed E-state index contributed by atoms with van der Waals surface area (Å²) in [5.74, 6) is -1.38. The molecule has 1 aromatic carbocycles. The maximum Gasteiger partial charge on any atom is 0.393 e. The summed E-state index contributed by atoms with van der Waals surface area (Å²) in [4.78, 5) is 6.09. The molecule has 2 atom stereocenters. The highest BCUT2D eigenvalue weighted by Gasteiger charge is 2.44. The van der Waals surface area contributed by atoms with Gasteiger partial charge in [-0.25, -0.2) is 0 Å². The highest BCUT2D eigenvalue weighted by Crippen LogP contribution is 2.36. The van der Waals surface area contributed by atoms with Crippen LogP contribution < -0.4 is 10.6 Å². The van der Waals surface area contributed by atoms with Crippen molar-refractivity contribution in [1.29, 1.82) is 0 Å². The van der Waals surface area contributed by atoms with Crippen molar-refractivity contribution < 1.29 is 13.2 Å². The molecule has 118 valence electrons. The molecule has 0 bridgehead atoms. The number of halogens is 3. The van der Waals surface area contributed by atoms with Crippen molar-refractivity contribution in [2.24, 2.45) is 11.7 Å². The van der Waals surface area contributed by atoms with Crippen molar-refractivity contribution in [2.75, 3.05) is 18.0 Å². The van der Waals surface area contributed by atoms with Gasteiger partial charge >= 0.3 is 6.18 Å². The minimum atomic E-state index is -4.21. The number of rotatable bonds is 1. The number of fused-ring (bicyclic) bond motifs is 1. The molecule has 2 aromatic rings. The Morgan fingerprint density at radius 3 is 2.73 bits per heavy atom. The molecule has 6 heteroatoms. The minimum Gasteiger partial charge on any atom is -0.369 e. The molecule has 2 N–H and O–H groups in total. The Labute approximate surface area is 126 Å². The number of aryl methyl sites for hydroxylation is 1. The molecular weight excluding hydrogens is 291 g/mol. The number of aromatic nitrogens is 1. The van der Waals surface area contributed by atoms with Crippen LogP contribution in [0.1, 0.15) is 12.0 Å². The molecule has 1 fully saturated rings. The predicted octanol–water partition coefficient (Wildman–Crippen LogP) is 3.26. The first-order valence-electron chi connectivity index (χ1n) is 7.28. The lowest BCUT2D eigenvalue weighted by molar-refractivity contribution is -0.177. The maximum absolute atomic E-state index is 13.1. The largest absolute Gasteiger partial charge is 0.393 e. The van der Waals surface area contributed by atoms with Crippen molar-refractivity contribution in [1.82, 2.24) is 4.98 Å². The van der Waals surface area contributed by atoms with Crippen LogP contribution in [0.15, 0.2) is 30.5 Å². The molecule has 1 aromatic heterocycles. The van der Waals surface area contributed by atoms with Crippen molar-refractivity contribution in [2.45, 2.75) is 25.6 Å². The summed E-state index contributed by atoms with van der Waals surface area (Å²) in [5.41, 5.74) is 8.47. The second-order valence-corrected chi connectivity index (χ2v) is 5.94. The summed E-state index contributed by atoms with van der Waals surface area (Å²) in [5, 5.41) is 0.873. The Hall–Kier alpha value is -1.82. The standard InChI is InChI=1S/C16H18F3N3/c1-10-4-5-14(13-3-2-6-21-15(10)13)22-8-11(16(17,18)19)7-12(20)9-22/h2-6,11-12H,7-9,20H2,1H3/t11?,12-/m1/s1. The smallest absolute Gasteiger partial charge is 0.369 e. The van der Waals surface area contributed by atoms with E-state index >= 15 is 0 Å². The molecular formula is C16H18F3N3. The second kappa shape index (κ2) is 5.43. The van der Waals surface area contributed by atoms with Crippen LogP contribution in [0.5, 0.6) is 0 Å². The summed E-state index contributed by atoms with van der Waals surface area (Å²) in [7, 11) is 0. The summed E-state index contributed by atoms with van der Waals surface area (Å²) < 4.78 is 39.3. The van der Waals surface area contributed by atoms with E-state index in [0.29, 0.717) is 6.54 Å². The van der Waals surface area contributed by atoms with Crippen LogP contribution in [-0.4, -0.2) is 30.3 Å². The molecule has 3 nitrogen and oxygen atoms in total. The van der Waals surface area contributed by atoms with Crippen LogP contribution in [0.4, 0.5) is 18.9 Å². The molecule has 0 spiro atoms. The van der Waals surface area contributed by atoms with E-state index in [1.54, 1.807) is 17.2 Å². The van der Waals surface area contributed by atoms with E-state index in [2.05, 4.69) is 4.98 Å². The Morgan fingerprint density at radius 1 is 1.23 bits per heavy atom. The van der Waals surface area contributed by atoms with E-state index in [1.165, 1.54) is 0 Å². The monoisotopic (exact) mass is 309 g/mol. The predicted molar refractivity (Wildman–Crippen MR) is 80.8 cm³/mol. The molecule has 0 saturated carbocycles. The highest BCUT2D eigenvalue weighted by atomic mass is 19.4. The molecule has 22 heavy (non-hydrogen) atoms. The van der Waals surface area contributed by atoms with E-state index in [1.807, 2.05) is 25.1 Å². The third kappa shape index (κ3) is 2.75. The van der Waals surface area contributed by atoms with Gasteiger partial charge < -0.3 is 10.6 Å². The number of nitrogens with zero attached hydrogens (tertiary/aromatic N) is 2. The van der Waals surface area contributed by atoms with Crippen LogP contribution >= 0.6 is 0 Å². The van der Waals surface area contributed by atoms with Gasteiger partial charge in [0.25, 0.3) is 0 Å². The first-order chi connectivity index (χ1) is 10.4. The molecule has 2 heterocycles. The van der Waals surface area contributed by atoms with Crippen LogP contribution in [-0.2, 0) is 0 Å². The number of piperidine rings is 1. The van der Waals surface area contributed by atoms with Crippen molar-refractivity contribution in [3.05, 3.63) is 36.0 Å². The van der Waals surface area contributed by atoms with Gasteiger partial charge in [0.1, 0.15) is 0 Å². The molecule has 1 saturated heterocycles. The average Bonchev–Trinajstić information content (AvgIpc) is 2.46. The molecule has 0 amide bonds. The fraction of sp³-hybridized carbons (Fsp3) is 0.438. The number of pyridine rings is 1. The van der Waals surface area contributed by atoms with Crippen molar-refractivity contribution >= 4 is 16.6 Å². The number of hydrogen-bond donors (Lipinski definition) is 1. The number of alkyl halides is 3. The second-order valence-electron chi connectivity index (χ2n) is 5.94. The molecule has 3 rings (SSSR count). The van der Waals surface area contributed by atoms with Gasteiger partial charge in [-0.2, -0.15) is 13.2 Å². The van der Waals surface area contributed by atoms with Crippen molar-refractivity contribution in [3.8, 4) is 0 Å². The zero-order chi connectivity index (χ0) is 15.9. The number of nitrogens with two attached hydrogens (primary N) is 1. The van der Waals surface area contributed by atoms with Gasteiger partial charge in [0.2, 0.25) is 0 Å². The molecule has 1 unspecified atom stereocenters. The van der Waals surface area contributed by atoms with Gasteiger partial charge in [-0.3, -0.25) is 4.98 Å². The van der Waals surface area contributed by atoms with Gasteiger partial charge in [0.05, 0.1) is 11.4 Å². The Kier molecular flexibility index (Phi) is 3.72. The summed E-state index contributed by atoms with van der Waals surface area (Å²) >= 11 is 0. The van der Waals surface area contributed by atoms with Crippen LogP contribution in [0, 0.1) is 12.8 Å². The van der Waals surface area contributed by atoms with Gasteiger partial charge in [-0.1, -0.05) is 6.07 Å². The number of hydrogen-bond acceptors (Lipinski definition) is 3. The lowest BCUT2D eigenvalue weighted by atomic mass is 9.93. The SMILES string of the molecule is Cc1ccc(N2CC(C(F)(F)F)C[C@@H](N)C2)c2cccnc12. The maximum atomic E-state index is 13.1. The van der Waals surface area contributed by atoms with Crippen LogP contribution in [0.25, 0.3) is 10.9 Å². The van der Waals surface area contributed by atoms with E-state index in [-0.39, 0.29) is 13.0 Å². The van der Waals surface area contributed by atoms with E-state index in [4.69, 9.17) is 5.73 Å². The Morgan fingerprint density at radius 2 is 2.00 bits per heavy atom. The lowest BCUT2D eigenvalue weighted by Crippen LogP contribution is -2.51. The molecule has 1 aliphatic rings. The summed E-state index contributed by atoms with van der Waals surface area (Å²) in [6.45, 7) is 2.32. The van der Waals surface area contributed by atoms with E-state index in [0.717, 1.165) is 22.2 Å². The molecule has 0 radical (unpaired) electrons. The van der Waals surface area contributed by atoms with Gasteiger partial charge in [0, 0.05) is 36.4 Å². The van der Waals surface area contributed by atoms with Crippen molar-refractivity contribution in [3.63, 3.8) is 0 Å². The van der Waals surface area contributed by atoms with E-state index in [9.17, 15) is 13.2 Å². The van der Waals surface area contributed by atoms with Crippen LogP contribution in [0.3, 0.4) is 0 Å². The Bertz CT molecular complexity index is 684. The average molecular weight is 309 g/mol. The first kappa shape index (κ1) is 15.1.